The Kier molecular flexibility index (Phi) is 5.18. The van der Waals surface area contributed by atoms with Crippen molar-refractivity contribution in [2.24, 2.45) is 0 Å². The van der Waals surface area contributed by atoms with E-state index in [-0.39, 0.29) is 0 Å². The summed E-state index contributed by atoms with van der Waals surface area (Å²) in [6.45, 7) is 6.36. The first kappa shape index (κ1) is 15.5. The highest BCUT2D eigenvalue weighted by molar-refractivity contribution is 7.90. The molecule has 1 aliphatic rings. The lowest BCUT2D eigenvalue weighted by atomic mass is 10.00. The van der Waals surface area contributed by atoms with Crippen molar-refractivity contribution in [3.63, 3.8) is 0 Å². The molecule has 0 aliphatic carbocycles. The summed E-state index contributed by atoms with van der Waals surface area (Å²) in [6.07, 6.45) is 3.49. The Balaban J connectivity index is 2.20. The molecule has 1 aromatic rings. The third-order valence-corrected chi connectivity index (χ3v) is 4.98. The number of sulfone groups is 1. The lowest BCUT2D eigenvalue weighted by molar-refractivity contribution is 0.164. The third kappa shape index (κ3) is 3.81. The highest BCUT2D eigenvalue weighted by Crippen LogP contribution is 2.27. The van der Waals surface area contributed by atoms with Crippen LogP contribution in [0, 0.1) is 0 Å². The average Bonchev–Trinajstić information content (AvgIpc) is 2.45. The van der Waals surface area contributed by atoms with Crippen LogP contribution in [0.1, 0.15) is 31.4 Å². The van der Waals surface area contributed by atoms with Gasteiger partial charge in [0.05, 0.1) is 4.90 Å². The number of nitrogens with one attached hydrogen (secondary N) is 1. The van der Waals surface area contributed by atoms with E-state index in [4.69, 9.17) is 0 Å². The van der Waals surface area contributed by atoms with Gasteiger partial charge in [-0.3, -0.25) is 4.90 Å². The van der Waals surface area contributed by atoms with Crippen molar-refractivity contribution in [3.8, 4) is 0 Å². The molecule has 0 bridgehead atoms. The van der Waals surface area contributed by atoms with Crippen LogP contribution in [0.2, 0.25) is 0 Å². The number of piperazine rings is 1. The van der Waals surface area contributed by atoms with Gasteiger partial charge in [0.25, 0.3) is 0 Å². The highest BCUT2D eigenvalue weighted by Gasteiger charge is 2.21. The standard InChI is InChI=1S/C15H24N2O2S/c1-3-4-15(17-11-9-16-10-12-17)13-5-7-14(8-6-13)20(2,18)19/h5-8,15-16H,3-4,9-12H2,1-2H3/t15-/m0/s1. The summed E-state index contributed by atoms with van der Waals surface area (Å²) in [4.78, 5) is 2.90. The minimum absolute atomic E-state index is 0.399. The Morgan fingerprint density at radius 2 is 1.80 bits per heavy atom. The van der Waals surface area contributed by atoms with Crippen LogP contribution in [0.4, 0.5) is 0 Å². The Morgan fingerprint density at radius 3 is 2.30 bits per heavy atom. The minimum Gasteiger partial charge on any atom is -0.314 e. The fraction of sp³-hybridized carbons (Fsp3) is 0.600. The van der Waals surface area contributed by atoms with Gasteiger partial charge in [0, 0.05) is 38.5 Å². The van der Waals surface area contributed by atoms with Gasteiger partial charge in [0.2, 0.25) is 0 Å². The molecule has 20 heavy (non-hydrogen) atoms. The Morgan fingerprint density at radius 1 is 1.20 bits per heavy atom. The van der Waals surface area contributed by atoms with E-state index < -0.39 is 9.84 Å². The van der Waals surface area contributed by atoms with E-state index in [1.54, 1.807) is 12.1 Å². The molecule has 0 radical (unpaired) electrons. The molecule has 1 saturated heterocycles. The fourth-order valence-corrected chi connectivity index (χ4v) is 3.39. The maximum Gasteiger partial charge on any atom is 0.175 e. The molecule has 0 aromatic heterocycles. The van der Waals surface area contributed by atoms with E-state index in [2.05, 4.69) is 17.1 Å². The van der Waals surface area contributed by atoms with Gasteiger partial charge in [-0.2, -0.15) is 0 Å². The van der Waals surface area contributed by atoms with Gasteiger partial charge in [-0.15, -0.1) is 0 Å². The second-order valence-corrected chi connectivity index (χ2v) is 7.45. The molecule has 0 amide bonds. The van der Waals surface area contributed by atoms with Crippen molar-refractivity contribution in [1.29, 1.82) is 0 Å². The van der Waals surface area contributed by atoms with Crippen LogP contribution in [-0.4, -0.2) is 45.8 Å². The van der Waals surface area contributed by atoms with Gasteiger partial charge < -0.3 is 5.32 Å². The maximum atomic E-state index is 11.5. The molecule has 1 atom stereocenters. The lowest BCUT2D eigenvalue weighted by Gasteiger charge is -2.35. The zero-order chi connectivity index (χ0) is 14.6. The number of rotatable bonds is 5. The van der Waals surface area contributed by atoms with Gasteiger partial charge >= 0.3 is 0 Å². The molecule has 1 heterocycles. The van der Waals surface area contributed by atoms with Crippen molar-refractivity contribution in [3.05, 3.63) is 29.8 Å². The summed E-state index contributed by atoms with van der Waals surface area (Å²) in [5.74, 6) is 0. The normalized spacial score (nSPS) is 18.9. The first-order chi connectivity index (χ1) is 9.52. The summed E-state index contributed by atoms with van der Waals surface area (Å²) >= 11 is 0. The molecular formula is C15H24N2O2S. The lowest BCUT2D eigenvalue weighted by Crippen LogP contribution is -2.45. The van der Waals surface area contributed by atoms with E-state index in [1.807, 2.05) is 12.1 Å². The molecule has 1 aromatic carbocycles. The Hall–Kier alpha value is -0.910. The number of benzene rings is 1. The van der Waals surface area contributed by atoms with Gasteiger partial charge in [-0.05, 0) is 24.1 Å². The molecule has 0 unspecified atom stereocenters. The maximum absolute atomic E-state index is 11.5. The summed E-state index contributed by atoms with van der Waals surface area (Å²) in [6, 6.07) is 7.80. The summed E-state index contributed by atoms with van der Waals surface area (Å²) in [7, 11) is -3.11. The SMILES string of the molecule is CCC[C@@H](c1ccc(S(C)(=O)=O)cc1)N1CCNCC1. The molecule has 4 nitrogen and oxygen atoms in total. The fourth-order valence-electron chi connectivity index (χ4n) is 2.76. The molecule has 112 valence electrons. The summed E-state index contributed by atoms with van der Waals surface area (Å²) < 4.78 is 23.0. The van der Waals surface area contributed by atoms with Crippen LogP contribution in [-0.2, 0) is 9.84 Å². The average molecular weight is 296 g/mol. The van der Waals surface area contributed by atoms with Crippen LogP contribution >= 0.6 is 0 Å². The van der Waals surface area contributed by atoms with Crippen molar-refractivity contribution in [2.45, 2.75) is 30.7 Å². The largest absolute Gasteiger partial charge is 0.314 e. The number of nitrogens with zero attached hydrogens (tertiary/aromatic N) is 1. The van der Waals surface area contributed by atoms with Crippen molar-refractivity contribution >= 4 is 9.84 Å². The second kappa shape index (κ2) is 6.70. The molecule has 1 N–H and O–H groups in total. The summed E-state index contributed by atoms with van der Waals surface area (Å²) in [5.41, 5.74) is 1.22. The first-order valence-electron chi connectivity index (χ1n) is 7.27. The predicted molar refractivity (Wildman–Crippen MR) is 81.6 cm³/mol. The monoisotopic (exact) mass is 296 g/mol. The highest BCUT2D eigenvalue weighted by atomic mass is 32.2. The molecule has 1 aliphatic heterocycles. The van der Waals surface area contributed by atoms with Crippen LogP contribution in [0.25, 0.3) is 0 Å². The van der Waals surface area contributed by atoms with E-state index in [9.17, 15) is 8.42 Å². The summed E-state index contributed by atoms with van der Waals surface area (Å²) in [5, 5.41) is 3.37. The second-order valence-electron chi connectivity index (χ2n) is 5.43. The van der Waals surface area contributed by atoms with Crippen molar-refractivity contribution in [1.82, 2.24) is 10.2 Å². The topological polar surface area (TPSA) is 49.4 Å². The van der Waals surface area contributed by atoms with Gasteiger partial charge in [-0.25, -0.2) is 8.42 Å². The molecule has 1 fully saturated rings. The number of hydrogen-bond acceptors (Lipinski definition) is 4. The zero-order valence-electron chi connectivity index (χ0n) is 12.3. The van der Waals surface area contributed by atoms with Crippen molar-refractivity contribution in [2.75, 3.05) is 32.4 Å². The van der Waals surface area contributed by atoms with Crippen LogP contribution in [0.3, 0.4) is 0 Å². The molecule has 0 spiro atoms. The zero-order valence-corrected chi connectivity index (χ0v) is 13.1. The van der Waals surface area contributed by atoms with E-state index >= 15 is 0 Å². The minimum atomic E-state index is -3.11. The molecule has 0 saturated carbocycles. The van der Waals surface area contributed by atoms with Crippen LogP contribution in [0.5, 0.6) is 0 Å². The van der Waals surface area contributed by atoms with Gasteiger partial charge in [0.15, 0.2) is 9.84 Å². The third-order valence-electron chi connectivity index (χ3n) is 3.85. The van der Waals surface area contributed by atoms with E-state index in [1.165, 1.54) is 11.8 Å². The van der Waals surface area contributed by atoms with Crippen LogP contribution < -0.4 is 5.32 Å². The first-order valence-corrected chi connectivity index (χ1v) is 9.16. The molecule has 5 heteroatoms. The molecule has 2 rings (SSSR count). The van der Waals surface area contributed by atoms with E-state index in [0.29, 0.717) is 10.9 Å². The van der Waals surface area contributed by atoms with E-state index in [0.717, 1.165) is 39.0 Å². The van der Waals surface area contributed by atoms with Crippen molar-refractivity contribution < 1.29 is 8.42 Å². The Bertz CT molecular complexity index is 519. The van der Waals surface area contributed by atoms with Gasteiger partial charge in [-0.1, -0.05) is 25.5 Å². The predicted octanol–water partition coefficient (Wildman–Crippen LogP) is 1.84. The quantitative estimate of drug-likeness (QED) is 0.901. The Labute approximate surface area is 122 Å². The number of hydrogen-bond donors (Lipinski definition) is 1. The van der Waals surface area contributed by atoms with Crippen LogP contribution in [0.15, 0.2) is 29.2 Å². The smallest absolute Gasteiger partial charge is 0.175 e. The molecular weight excluding hydrogens is 272 g/mol. The van der Waals surface area contributed by atoms with Gasteiger partial charge in [0.1, 0.15) is 0 Å².